The molecule has 2 aromatic heterocycles. The number of esters is 1. The van der Waals surface area contributed by atoms with Gasteiger partial charge in [-0.15, -0.1) is 10.2 Å². The number of carbonyl (C=O) groups is 3. The van der Waals surface area contributed by atoms with E-state index in [2.05, 4.69) is 43.0 Å². The molecular weight excluding hydrogens is 679 g/mol. The summed E-state index contributed by atoms with van der Waals surface area (Å²) in [5.74, 6) is -0.416. The average Bonchev–Trinajstić information content (AvgIpc) is 3.00. The van der Waals surface area contributed by atoms with Gasteiger partial charge in [0.05, 0.1) is 17.5 Å². The SMILES string of the molecule is CCCN(CCC(=O)Nc1cc(Nc2cc(-c3cc(Cl)ccc3F)nnc2N2CC[C@H]2C(=O)OC(C)C)ccn1)C[C@H](C)NC(=O)OC(C)(C)C. The molecule has 51 heavy (non-hydrogen) atoms. The molecule has 0 aliphatic carbocycles. The number of hydrogen-bond acceptors (Lipinski definition) is 11. The number of benzene rings is 1. The number of carbonyl (C=O) groups excluding carboxylic acids is 3. The van der Waals surface area contributed by atoms with E-state index < -0.39 is 23.6 Å². The number of pyridine rings is 1. The lowest BCUT2D eigenvalue weighted by Gasteiger charge is -2.40. The summed E-state index contributed by atoms with van der Waals surface area (Å²) in [5, 5.41) is 18.0. The summed E-state index contributed by atoms with van der Waals surface area (Å²) >= 11 is 6.16. The number of rotatable bonds is 15. The largest absolute Gasteiger partial charge is 0.461 e. The number of nitrogens with one attached hydrogen (secondary N) is 3. The molecule has 0 saturated carbocycles. The zero-order valence-corrected chi connectivity index (χ0v) is 31.0. The van der Waals surface area contributed by atoms with Crippen molar-refractivity contribution in [3.63, 3.8) is 0 Å². The molecule has 1 aliphatic rings. The van der Waals surface area contributed by atoms with E-state index in [0.717, 1.165) is 13.0 Å². The summed E-state index contributed by atoms with van der Waals surface area (Å²) in [7, 11) is 0. The van der Waals surface area contributed by atoms with Crippen molar-refractivity contribution in [1.29, 1.82) is 0 Å². The van der Waals surface area contributed by atoms with Crippen LogP contribution in [0.15, 0.2) is 42.6 Å². The minimum absolute atomic E-state index is 0.166. The van der Waals surface area contributed by atoms with Crippen molar-refractivity contribution in [2.24, 2.45) is 0 Å². The Morgan fingerprint density at radius 1 is 1.10 bits per heavy atom. The first kappa shape index (κ1) is 39.2. The van der Waals surface area contributed by atoms with E-state index in [9.17, 15) is 18.8 Å². The molecule has 1 aromatic carbocycles. The number of ether oxygens (including phenoxy) is 2. The predicted octanol–water partition coefficient (Wildman–Crippen LogP) is 6.56. The highest BCUT2D eigenvalue weighted by Gasteiger charge is 2.38. The van der Waals surface area contributed by atoms with Crippen molar-refractivity contribution in [1.82, 2.24) is 25.4 Å². The Balaban J connectivity index is 1.47. The highest BCUT2D eigenvalue weighted by Crippen LogP contribution is 2.36. The second kappa shape index (κ2) is 17.6. The van der Waals surface area contributed by atoms with E-state index in [4.69, 9.17) is 21.1 Å². The van der Waals surface area contributed by atoms with Crippen LogP contribution in [0, 0.1) is 5.82 Å². The molecule has 4 rings (SSSR count). The van der Waals surface area contributed by atoms with Gasteiger partial charge in [0.15, 0.2) is 5.82 Å². The summed E-state index contributed by atoms with van der Waals surface area (Å²) in [6.45, 7) is 15.3. The van der Waals surface area contributed by atoms with Gasteiger partial charge in [0.1, 0.15) is 23.3 Å². The quantitative estimate of drug-likeness (QED) is 0.146. The molecule has 276 valence electrons. The third-order valence-corrected chi connectivity index (χ3v) is 7.93. The van der Waals surface area contributed by atoms with Gasteiger partial charge >= 0.3 is 12.1 Å². The molecule has 0 spiro atoms. The molecule has 2 atom stereocenters. The number of halogens is 2. The normalized spacial score (nSPS) is 14.9. The molecule has 0 radical (unpaired) electrons. The minimum Gasteiger partial charge on any atom is -0.461 e. The first-order chi connectivity index (χ1) is 24.1. The summed E-state index contributed by atoms with van der Waals surface area (Å²) < 4.78 is 25.7. The fourth-order valence-corrected chi connectivity index (χ4v) is 5.63. The maximum atomic E-state index is 14.8. The second-order valence-electron chi connectivity index (χ2n) is 13.8. The Morgan fingerprint density at radius 2 is 1.86 bits per heavy atom. The minimum atomic E-state index is -0.594. The molecule has 0 bridgehead atoms. The van der Waals surface area contributed by atoms with Gasteiger partial charge in [-0.2, -0.15) is 0 Å². The predicted molar refractivity (Wildman–Crippen MR) is 196 cm³/mol. The standard InChI is InChI=1S/C36H48ClFN8O5/c1-8-15-45(21-23(4)40-35(49)51-36(5,6)7)16-13-32(47)42-31-19-25(11-14-39-31)41-29-20-28(26-18-24(37)9-10-27(26)38)43-44-33(29)46-17-12-30(46)34(48)50-22(2)3/h9-11,14,18-20,22-23,30H,8,12-13,15-17,21H2,1-7H3,(H,40,49)(H2,39,41,42,43,47)/t23-,30-/m0/s1. The van der Waals surface area contributed by atoms with E-state index in [1.807, 2.05) is 27.7 Å². The smallest absolute Gasteiger partial charge is 0.407 e. The maximum Gasteiger partial charge on any atom is 0.407 e. The molecule has 1 aliphatic heterocycles. The molecule has 0 unspecified atom stereocenters. The van der Waals surface area contributed by atoms with E-state index in [1.54, 1.807) is 43.1 Å². The molecule has 3 N–H and O–H groups in total. The summed E-state index contributed by atoms with van der Waals surface area (Å²) in [6, 6.07) is 8.46. The molecule has 3 heterocycles. The first-order valence-corrected chi connectivity index (χ1v) is 17.5. The molecule has 1 saturated heterocycles. The van der Waals surface area contributed by atoms with Crippen molar-refractivity contribution >= 4 is 52.6 Å². The number of amides is 2. The van der Waals surface area contributed by atoms with Gasteiger partial charge in [0.25, 0.3) is 0 Å². The van der Waals surface area contributed by atoms with Gasteiger partial charge < -0.3 is 35.2 Å². The van der Waals surface area contributed by atoms with Crippen LogP contribution in [0.3, 0.4) is 0 Å². The van der Waals surface area contributed by atoms with Crippen LogP contribution in [0.5, 0.6) is 0 Å². The van der Waals surface area contributed by atoms with Crippen LogP contribution in [-0.2, 0) is 19.1 Å². The van der Waals surface area contributed by atoms with E-state index in [1.165, 1.54) is 18.2 Å². The topological polar surface area (TPSA) is 151 Å². The monoisotopic (exact) mass is 726 g/mol. The van der Waals surface area contributed by atoms with Crippen molar-refractivity contribution < 1.29 is 28.2 Å². The fourth-order valence-electron chi connectivity index (χ4n) is 5.46. The van der Waals surface area contributed by atoms with Crippen molar-refractivity contribution in [3.05, 3.63) is 53.4 Å². The van der Waals surface area contributed by atoms with Gasteiger partial charge in [-0.05, 0) is 91.3 Å². The Kier molecular flexibility index (Phi) is 13.5. The lowest BCUT2D eigenvalue weighted by molar-refractivity contribution is -0.150. The second-order valence-corrected chi connectivity index (χ2v) is 14.2. The number of hydrogen-bond donors (Lipinski definition) is 3. The Hall–Kier alpha value is -4.56. The van der Waals surface area contributed by atoms with Crippen LogP contribution < -0.4 is 20.9 Å². The van der Waals surface area contributed by atoms with E-state index in [0.29, 0.717) is 54.1 Å². The third-order valence-electron chi connectivity index (χ3n) is 7.69. The van der Waals surface area contributed by atoms with Gasteiger partial charge in [0, 0.05) is 60.6 Å². The molecule has 1 fully saturated rings. The lowest BCUT2D eigenvalue weighted by atomic mass is 10.0. The summed E-state index contributed by atoms with van der Waals surface area (Å²) in [5.41, 5.74) is 0.818. The highest BCUT2D eigenvalue weighted by atomic mass is 35.5. The van der Waals surface area contributed by atoms with Gasteiger partial charge in [-0.1, -0.05) is 18.5 Å². The maximum absolute atomic E-state index is 14.8. The number of alkyl carbamates (subject to hydrolysis) is 1. The Bertz CT molecular complexity index is 1690. The number of anilines is 4. The van der Waals surface area contributed by atoms with Gasteiger partial charge in [0.2, 0.25) is 5.91 Å². The average molecular weight is 727 g/mol. The molecular formula is C36H48ClFN8O5. The van der Waals surface area contributed by atoms with Crippen molar-refractivity contribution in [2.75, 3.05) is 41.7 Å². The Morgan fingerprint density at radius 3 is 2.53 bits per heavy atom. The third kappa shape index (κ3) is 11.7. The van der Waals surface area contributed by atoms with Crippen LogP contribution in [0.1, 0.15) is 67.7 Å². The highest BCUT2D eigenvalue weighted by molar-refractivity contribution is 6.30. The van der Waals surface area contributed by atoms with Crippen LogP contribution >= 0.6 is 11.6 Å². The summed E-state index contributed by atoms with van der Waals surface area (Å²) in [4.78, 5) is 46.3. The zero-order chi connectivity index (χ0) is 37.3. The number of nitrogens with zero attached hydrogens (tertiary/aromatic N) is 5. The van der Waals surface area contributed by atoms with Crippen LogP contribution in [-0.4, -0.2) is 88.0 Å². The van der Waals surface area contributed by atoms with Crippen molar-refractivity contribution in [2.45, 2.75) is 91.5 Å². The molecule has 13 nitrogen and oxygen atoms in total. The first-order valence-electron chi connectivity index (χ1n) is 17.2. The van der Waals surface area contributed by atoms with Crippen LogP contribution in [0.2, 0.25) is 5.02 Å². The molecule has 3 aromatic rings. The van der Waals surface area contributed by atoms with E-state index >= 15 is 0 Å². The van der Waals surface area contributed by atoms with Gasteiger partial charge in [-0.25, -0.2) is 19.0 Å². The zero-order valence-electron chi connectivity index (χ0n) is 30.3. The molecule has 2 amide bonds. The van der Waals surface area contributed by atoms with Crippen molar-refractivity contribution in [3.8, 4) is 11.3 Å². The lowest BCUT2D eigenvalue weighted by Crippen LogP contribution is -2.54. The van der Waals surface area contributed by atoms with Crippen LogP contribution in [0.25, 0.3) is 11.3 Å². The fraction of sp³-hybridized carbons (Fsp3) is 0.500. The number of aromatic nitrogens is 3. The molecule has 15 heteroatoms. The Labute approximate surface area is 303 Å². The summed E-state index contributed by atoms with van der Waals surface area (Å²) in [6.07, 6.45) is 2.45. The van der Waals surface area contributed by atoms with E-state index in [-0.39, 0.29) is 41.7 Å². The van der Waals surface area contributed by atoms with Crippen LogP contribution in [0.4, 0.5) is 32.2 Å². The van der Waals surface area contributed by atoms with Gasteiger partial charge in [-0.3, -0.25) is 4.79 Å².